The van der Waals surface area contributed by atoms with Crippen molar-refractivity contribution < 1.29 is 23.1 Å². The molecule has 2 N–H and O–H groups in total. The second-order valence-electron chi connectivity index (χ2n) is 4.62. The molecule has 1 aromatic heterocycles. The summed E-state index contributed by atoms with van der Waals surface area (Å²) in [4.78, 5) is 15.7. The van der Waals surface area contributed by atoms with Gasteiger partial charge in [-0.15, -0.1) is 11.3 Å². The number of carboxylic acids is 1. The molecule has 0 radical (unpaired) electrons. The van der Waals surface area contributed by atoms with Gasteiger partial charge in [-0.05, 0) is 37.6 Å². The highest BCUT2D eigenvalue weighted by Crippen LogP contribution is 2.31. The van der Waals surface area contributed by atoms with E-state index in [2.05, 4.69) is 10.3 Å². The van der Waals surface area contributed by atoms with E-state index in [1.54, 1.807) is 6.92 Å². The van der Waals surface area contributed by atoms with Gasteiger partial charge in [-0.25, -0.2) is 4.98 Å². The Morgan fingerprint density at radius 3 is 2.50 bits per heavy atom. The fraction of sp³-hybridized carbons (Fsp3) is 0.286. The summed E-state index contributed by atoms with van der Waals surface area (Å²) in [7, 11) is 0. The minimum atomic E-state index is -4.36. The van der Waals surface area contributed by atoms with E-state index in [-0.39, 0.29) is 6.42 Å². The van der Waals surface area contributed by atoms with Crippen molar-refractivity contribution in [3.8, 4) is 0 Å². The Kier molecular flexibility index (Phi) is 4.70. The summed E-state index contributed by atoms with van der Waals surface area (Å²) >= 11 is 1.30. The highest BCUT2D eigenvalue weighted by atomic mass is 32.1. The Labute approximate surface area is 128 Å². The predicted molar refractivity (Wildman–Crippen MR) is 77.5 cm³/mol. The zero-order chi connectivity index (χ0) is 16.3. The van der Waals surface area contributed by atoms with Gasteiger partial charge in [0.15, 0.2) is 5.13 Å². The first kappa shape index (κ1) is 16.3. The summed E-state index contributed by atoms with van der Waals surface area (Å²) < 4.78 is 37.4. The minimum absolute atomic E-state index is 0.0166. The summed E-state index contributed by atoms with van der Waals surface area (Å²) in [6.45, 7) is 1.77. The van der Waals surface area contributed by atoms with Gasteiger partial charge >= 0.3 is 12.1 Å². The van der Waals surface area contributed by atoms with Gasteiger partial charge in [0.1, 0.15) is 0 Å². The molecule has 1 aromatic carbocycles. The topological polar surface area (TPSA) is 62.2 Å². The number of aromatic nitrogens is 1. The van der Waals surface area contributed by atoms with Gasteiger partial charge in [-0.3, -0.25) is 4.79 Å². The maximum atomic E-state index is 12.5. The van der Waals surface area contributed by atoms with Crippen molar-refractivity contribution in [3.05, 3.63) is 40.4 Å². The van der Waals surface area contributed by atoms with Crippen molar-refractivity contribution in [2.75, 3.05) is 5.32 Å². The van der Waals surface area contributed by atoms with E-state index in [4.69, 9.17) is 5.11 Å². The lowest BCUT2D eigenvalue weighted by molar-refractivity contribution is -0.138. The molecule has 0 spiro atoms. The lowest BCUT2D eigenvalue weighted by Gasteiger charge is -2.07. The van der Waals surface area contributed by atoms with Crippen molar-refractivity contribution in [1.82, 2.24) is 4.98 Å². The molecule has 0 fully saturated rings. The number of rotatable bonds is 5. The third-order valence-corrected chi connectivity index (χ3v) is 4.05. The molecule has 8 heteroatoms. The van der Waals surface area contributed by atoms with Gasteiger partial charge in [0.05, 0.1) is 17.7 Å². The Hall–Kier alpha value is -2.09. The molecule has 118 valence electrons. The maximum Gasteiger partial charge on any atom is 0.416 e. The summed E-state index contributed by atoms with van der Waals surface area (Å²) in [5.41, 5.74) is 0.503. The number of aryl methyl sites for hydroxylation is 2. The maximum absolute atomic E-state index is 12.5. The minimum Gasteiger partial charge on any atom is -0.481 e. The molecule has 2 aromatic rings. The average molecular weight is 330 g/mol. The number of halogens is 3. The summed E-state index contributed by atoms with van der Waals surface area (Å²) in [5, 5.41) is 12.1. The van der Waals surface area contributed by atoms with Crippen LogP contribution in [0, 0.1) is 6.92 Å². The fourth-order valence-electron chi connectivity index (χ4n) is 1.80. The molecular weight excluding hydrogens is 317 g/mol. The number of carboxylic acid groups (broad SMARTS) is 1. The number of benzene rings is 1. The number of carbonyl (C=O) groups is 1. The number of alkyl halides is 3. The van der Waals surface area contributed by atoms with Crippen LogP contribution in [0.4, 0.5) is 24.0 Å². The molecule has 0 bridgehead atoms. The molecule has 4 nitrogen and oxygen atoms in total. The van der Waals surface area contributed by atoms with Crippen molar-refractivity contribution in [1.29, 1.82) is 0 Å². The van der Waals surface area contributed by atoms with Crippen LogP contribution in [0.25, 0.3) is 0 Å². The van der Waals surface area contributed by atoms with Crippen LogP contribution < -0.4 is 5.32 Å². The van der Waals surface area contributed by atoms with E-state index < -0.39 is 17.7 Å². The zero-order valence-electron chi connectivity index (χ0n) is 11.6. The molecule has 0 saturated carbocycles. The Morgan fingerprint density at radius 2 is 1.95 bits per heavy atom. The van der Waals surface area contributed by atoms with Crippen molar-refractivity contribution >= 4 is 28.1 Å². The number of hydrogen-bond acceptors (Lipinski definition) is 4. The normalized spacial score (nSPS) is 11.5. The molecule has 0 unspecified atom stereocenters. The molecule has 1 heterocycles. The molecule has 0 aliphatic heterocycles. The lowest BCUT2D eigenvalue weighted by atomic mass is 10.2. The van der Waals surface area contributed by atoms with Crippen LogP contribution in [0.2, 0.25) is 0 Å². The fourth-order valence-corrected chi connectivity index (χ4v) is 2.78. The summed E-state index contributed by atoms with van der Waals surface area (Å²) in [6, 6.07) is 4.65. The third-order valence-electron chi connectivity index (χ3n) is 2.92. The van der Waals surface area contributed by atoms with Gasteiger partial charge in [0, 0.05) is 10.6 Å². The van der Waals surface area contributed by atoms with E-state index in [1.165, 1.54) is 23.5 Å². The molecule has 0 saturated heterocycles. The molecule has 0 aliphatic rings. The van der Waals surface area contributed by atoms with E-state index in [1.807, 2.05) is 0 Å². The van der Waals surface area contributed by atoms with Crippen molar-refractivity contribution in [2.45, 2.75) is 25.9 Å². The van der Waals surface area contributed by atoms with Gasteiger partial charge in [0.2, 0.25) is 0 Å². The molecule has 0 atom stereocenters. The zero-order valence-corrected chi connectivity index (χ0v) is 12.4. The predicted octanol–water partition coefficient (Wildman–Crippen LogP) is 4.23. The number of aliphatic carboxylic acids is 1. The first-order valence-electron chi connectivity index (χ1n) is 6.38. The van der Waals surface area contributed by atoms with E-state index in [9.17, 15) is 18.0 Å². The van der Waals surface area contributed by atoms with E-state index in [0.29, 0.717) is 17.2 Å². The number of nitrogens with one attached hydrogen (secondary N) is 1. The van der Waals surface area contributed by atoms with Crippen LogP contribution in [0.3, 0.4) is 0 Å². The second kappa shape index (κ2) is 6.35. The highest BCUT2D eigenvalue weighted by molar-refractivity contribution is 7.15. The largest absolute Gasteiger partial charge is 0.481 e. The SMILES string of the molecule is Cc1nc(Nc2ccc(C(F)(F)F)cc2)sc1CCC(=O)O. The Morgan fingerprint density at radius 1 is 1.32 bits per heavy atom. The lowest BCUT2D eigenvalue weighted by Crippen LogP contribution is -2.04. The van der Waals surface area contributed by atoms with E-state index in [0.717, 1.165) is 22.7 Å². The molecule has 0 amide bonds. The van der Waals surface area contributed by atoms with E-state index >= 15 is 0 Å². The highest BCUT2D eigenvalue weighted by Gasteiger charge is 2.29. The smallest absolute Gasteiger partial charge is 0.416 e. The van der Waals surface area contributed by atoms with Crippen LogP contribution in [0.1, 0.15) is 22.6 Å². The van der Waals surface area contributed by atoms with Gasteiger partial charge < -0.3 is 10.4 Å². The molecule has 22 heavy (non-hydrogen) atoms. The third kappa shape index (κ3) is 4.20. The van der Waals surface area contributed by atoms with Gasteiger partial charge in [-0.2, -0.15) is 13.2 Å². The number of anilines is 2. The van der Waals surface area contributed by atoms with Crippen LogP contribution in [-0.2, 0) is 17.4 Å². The Balaban J connectivity index is 2.07. The summed E-state index contributed by atoms with van der Waals surface area (Å²) in [6.07, 6.45) is -3.96. The van der Waals surface area contributed by atoms with Gasteiger partial charge in [0.25, 0.3) is 0 Å². The monoisotopic (exact) mass is 330 g/mol. The number of thiazole rings is 1. The van der Waals surface area contributed by atoms with Crippen LogP contribution in [0.15, 0.2) is 24.3 Å². The average Bonchev–Trinajstić information content (AvgIpc) is 2.76. The van der Waals surface area contributed by atoms with Crippen LogP contribution in [0.5, 0.6) is 0 Å². The molecular formula is C14H13F3N2O2S. The van der Waals surface area contributed by atoms with Crippen LogP contribution >= 0.6 is 11.3 Å². The first-order chi connectivity index (χ1) is 10.3. The number of hydrogen-bond donors (Lipinski definition) is 2. The standard InChI is InChI=1S/C14H13F3N2O2S/c1-8-11(6-7-12(20)21)22-13(18-8)19-10-4-2-9(3-5-10)14(15,16)17/h2-5H,6-7H2,1H3,(H,18,19)(H,20,21). The quantitative estimate of drug-likeness (QED) is 0.861. The Bertz CT molecular complexity index is 666. The second-order valence-corrected chi connectivity index (χ2v) is 5.71. The molecule has 2 rings (SSSR count). The van der Waals surface area contributed by atoms with Crippen LogP contribution in [-0.4, -0.2) is 16.1 Å². The van der Waals surface area contributed by atoms with Crippen molar-refractivity contribution in [3.63, 3.8) is 0 Å². The first-order valence-corrected chi connectivity index (χ1v) is 7.20. The van der Waals surface area contributed by atoms with Gasteiger partial charge in [-0.1, -0.05) is 0 Å². The molecule has 0 aliphatic carbocycles. The summed E-state index contributed by atoms with van der Waals surface area (Å²) in [5.74, 6) is -0.884. The van der Waals surface area contributed by atoms with Crippen molar-refractivity contribution in [2.24, 2.45) is 0 Å². The number of nitrogens with zero attached hydrogens (tertiary/aromatic N) is 1.